The second-order valence-electron chi connectivity index (χ2n) is 6.85. The van der Waals surface area contributed by atoms with E-state index in [-0.39, 0.29) is 5.82 Å². The largest absolute Gasteiger partial charge is 0.208 e. The minimum absolute atomic E-state index is 0.373. The third-order valence-electron chi connectivity index (χ3n) is 4.70. The van der Waals surface area contributed by atoms with Crippen molar-refractivity contribution in [2.45, 2.75) is 0 Å². The lowest BCUT2D eigenvalue weighted by Gasteiger charge is -2.12. The Morgan fingerprint density at radius 3 is 1.84 bits per heavy atom. The molecule has 4 aromatic rings. The number of hydrogen-bond acceptors (Lipinski definition) is 3. The lowest BCUT2D eigenvalue weighted by molar-refractivity contribution is 0.628. The van der Waals surface area contributed by atoms with Crippen molar-refractivity contribution in [3.63, 3.8) is 0 Å². The van der Waals surface area contributed by atoms with Gasteiger partial charge in [-0.15, -0.1) is 0 Å². The molecule has 0 saturated heterocycles. The molecule has 0 aliphatic rings. The highest BCUT2D eigenvalue weighted by molar-refractivity contribution is 5.83. The van der Waals surface area contributed by atoms with Gasteiger partial charge in [-0.2, -0.15) is 0 Å². The molecule has 3 nitrogen and oxygen atoms in total. The molecule has 0 N–H and O–H groups in total. The predicted molar refractivity (Wildman–Crippen MR) is 124 cm³/mol. The quantitative estimate of drug-likeness (QED) is 0.332. The third-order valence-corrected chi connectivity index (χ3v) is 4.70. The number of halogens is 1. The fourth-order valence-electron chi connectivity index (χ4n) is 3.18. The van der Waals surface area contributed by atoms with Crippen LogP contribution in [0.1, 0.15) is 5.56 Å². The van der Waals surface area contributed by atoms with Crippen LogP contribution < -0.4 is 0 Å². The highest BCUT2D eigenvalue weighted by Gasteiger charge is 2.16. The number of nitrogens with zero attached hydrogens (tertiary/aromatic N) is 3. The molecular weight excluding hydrogens is 385 g/mol. The van der Waals surface area contributed by atoms with Crippen molar-refractivity contribution in [3.05, 3.63) is 122 Å². The fraction of sp³-hybridized carbons (Fsp3) is 0. The van der Waals surface area contributed by atoms with Crippen molar-refractivity contribution in [3.8, 4) is 34.2 Å². The molecule has 0 saturated carbocycles. The standard InChI is InChI=1S/C27H20FN3/c1-3-4-11-19(2)23-17-16-22(28)18-24(23)27-30-25(20-12-7-5-8-13-20)29-26(31-27)21-14-9-6-10-15-21/h3-18H,1-2H2/b11-4-. The fourth-order valence-corrected chi connectivity index (χ4v) is 3.18. The summed E-state index contributed by atoms with van der Waals surface area (Å²) < 4.78 is 14.3. The Hall–Kier alpha value is -4.18. The average molecular weight is 405 g/mol. The van der Waals surface area contributed by atoms with E-state index >= 15 is 0 Å². The summed E-state index contributed by atoms with van der Waals surface area (Å²) in [5.41, 5.74) is 3.70. The lowest BCUT2D eigenvalue weighted by atomic mass is 9.99. The Bertz CT molecular complexity index is 1200. The molecule has 0 bridgehead atoms. The number of allylic oxidation sites excluding steroid dienone is 4. The van der Waals surface area contributed by atoms with Crippen LogP contribution in [0.15, 0.2) is 110 Å². The van der Waals surface area contributed by atoms with Crippen molar-refractivity contribution < 1.29 is 4.39 Å². The highest BCUT2D eigenvalue weighted by Crippen LogP contribution is 2.30. The first kappa shape index (κ1) is 20.1. The Morgan fingerprint density at radius 1 is 0.742 bits per heavy atom. The molecule has 3 aromatic carbocycles. The minimum Gasteiger partial charge on any atom is -0.208 e. The van der Waals surface area contributed by atoms with Gasteiger partial charge in [0.25, 0.3) is 0 Å². The molecule has 0 amide bonds. The van der Waals surface area contributed by atoms with E-state index < -0.39 is 0 Å². The summed E-state index contributed by atoms with van der Waals surface area (Å²) >= 11 is 0. The molecule has 4 heteroatoms. The summed E-state index contributed by atoms with van der Waals surface area (Å²) in [7, 11) is 0. The van der Waals surface area contributed by atoms with E-state index in [0.717, 1.165) is 16.7 Å². The van der Waals surface area contributed by atoms with Crippen LogP contribution in [0.2, 0.25) is 0 Å². The van der Waals surface area contributed by atoms with E-state index in [0.29, 0.717) is 28.6 Å². The monoisotopic (exact) mass is 405 g/mol. The first-order chi connectivity index (χ1) is 15.2. The number of hydrogen-bond donors (Lipinski definition) is 0. The van der Waals surface area contributed by atoms with Gasteiger partial charge in [-0.1, -0.05) is 98.1 Å². The van der Waals surface area contributed by atoms with Crippen LogP contribution in [0.5, 0.6) is 0 Å². The van der Waals surface area contributed by atoms with Gasteiger partial charge < -0.3 is 0 Å². The second-order valence-corrected chi connectivity index (χ2v) is 6.85. The van der Waals surface area contributed by atoms with Crippen LogP contribution in [0.3, 0.4) is 0 Å². The molecule has 0 aliphatic heterocycles. The van der Waals surface area contributed by atoms with E-state index in [4.69, 9.17) is 0 Å². The molecule has 1 heterocycles. The van der Waals surface area contributed by atoms with Gasteiger partial charge in [0.2, 0.25) is 0 Å². The molecule has 0 spiro atoms. The molecule has 0 aliphatic carbocycles. The van der Waals surface area contributed by atoms with Gasteiger partial charge >= 0.3 is 0 Å². The zero-order chi connectivity index (χ0) is 21.6. The molecule has 150 valence electrons. The molecule has 1 aromatic heterocycles. The summed E-state index contributed by atoms with van der Waals surface area (Å²) in [5, 5.41) is 0. The zero-order valence-electron chi connectivity index (χ0n) is 16.9. The van der Waals surface area contributed by atoms with Crippen molar-refractivity contribution in [2.24, 2.45) is 0 Å². The summed E-state index contributed by atoms with van der Waals surface area (Å²) in [4.78, 5) is 14.1. The maximum absolute atomic E-state index is 14.3. The number of aromatic nitrogens is 3. The first-order valence-electron chi connectivity index (χ1n) is 9.81. The van der Waals surface area contributed by atoms with Gasteiger partial charge in [0.15, 0.2) is 17.5 Å². The van der Waals surface area contributed by atoms with E-state index in [9.17, 15) is 4.39 Å². The van der Waals surface area contributed by atoms with Gasteiger partial charge in [-0.05, 0) is 23.3 Å². The van der Waals surface area contributed by atoms with Crippen LogP contribution in [-0.4, -0.2) is 15.0 Å². The van der Waals surface area contributed by atoms with E-state index in [1.54, 1.807) is 18.2 Å². The van der Waals surface area contributed by atoms with Crippen LogP contribution in [0, 0.1) is 5.82 Å². The maximum atomic E-state index is 14.3. The van der Waals surface area contributed by atoms with Gasteiger partial charge in [-0.25, -0.2) is 19.3 Å². The Morgan fingerprint density at radius 2 is 1.29 bits per heavy atom. The number of rotatable bonds is 6. The van der Waals surface area contributed by atoms with Gasteiger partial charge in [0, 0.05) is 16.7 Å². The van der Waals surface area contributed by atoms with Crippen LogP contribution in [0.25, 0.3) is 39.7 Å². The number of benzene rings is 3. The third kappa shape index (κ3) is 4.54. The Kier molecular flexibility index (Phi) is 5.90. The predicted octanol–water partition coefficient (Wildman–Crippen LogP) is 6.77. The molecule has 4 rings (SSSR count). The van der Waals surface area contributed by atoms with Crippen molar-refractivity contribution in [2.75, 3.05) is 0 Å². The molecule has 0 unspecified atom stereocenters. The molecule has 31 heavy (non-hydrogen) atoms. The average Bonchev–Trinajstić information content (AvgIpc) is 2.83. The van der Waals surface area contributed by atoms with Gasteiger partial charge in [0.1, 0.15) is 5.82 Å². The van der Waals surface area contributed by atoms with Crippen molar-refractivity contribution in [1.82, 2.24) is 15.0 Å². The highest BCUT2D eigenvalue weighted by atomic mass is 19.1. The second kappa shape index (κ2) is 9.09. The van der Waals surface area contributed by atoms with Crippen molar-refractivity contribution >= 4 is 5.57 Å². The first-order valence-corrected chi connectivity index (χ1v) is 9.81. The smallest absolute Gasteiger partial charge is 0.164 e. The summed E-state index contributed by atoms with van der Waals surface area (Å²) in [5.74, 6) is 1.05. The van der Waals surface area contributed by atoms with Crippen LogP contribution in [0.4, 0.5) is 4.39 Å². The Labute approximate surface area is 181 Å². The maximum Gasteiger partial charge on any atom is 0.164 e. The SMILES string of the molecule is C=C/C=C\C(=C)c1ccc(F)cc1-c1nc(-c2ccccc2)nc(-c2ccccc2)n1. The van der Waals surface area contributed by atoms with Crippen LogP contribution >= 0.6 is 0 Å². The molecule has 0 radical (unpaired) electrons. The van der Waals surface area contributed by atoms with E-state index in [1.807, 2.05) is 66.7 Å². The van der Waals surface area contributed by atoms with Gasteiger partial charge in [0.05, 0.1) is 0 Å². The topological polar surface area (TPSA) is 38.7 Å². The lowest BCUT2D eigenvalue weighted by Crippen LogP contribution is -2.02. The molecular formula is C27H20FN3. The summed E-state index contributed by atoms with van der Waals surface area (Å²) in [6, 6.07) is 23.9. The normalized spacial score (nSPS) is 10.9. The molecule has 0 atom stereocenters. The van der Waals surface area contributed by atoms with Crippen molar-refractivity contribution in [1.29, 1.82) is 0 Å². The van der Waals surface area contributed by atoms with Crippen LogP contribution in [-0.2, 0) is 0 Å². The van der Waals surface area contributed by atoms with E-state index in [1.165, 1.54) is 12.1 Å². The minimum atomic E-state index is -0.373. The van der Waals surface area contributed by atoms with Gasteiger partial charge in [-0.3, -0.25) is 0 Å². The van der Waals surface area contributed by atoms with E-state index in [2.05, 4.69) is 28.1 Å². The molecule has 0 fully saturated rings. The summed E-state index contributed by atoms with van der Waals surface area (Å²) in [6.45, 7) is 7.80. The zero-order valence-corrected chi connectivity index (χ0v) is 16.9. The Balaban J connectivity index is 1.95. The summed E-state index contributed by atoms with van der Waals surface area (Å²) in [6.07, 6.45) is 5.27.